The van der Waals surface area contributed by atoms with Gasteiger partial charge in [-0.3, -0.25) is 0 Å². The van der Waals surface area contributed by atoms with Gasteiger partial charge in [0.1, 0.15) is 0 Å². The third-order valence-corrected chi connectivity index (χ3v) is 2.92. The summed E-state index contributed by atoms with van der Waals surface area (Å²) in [5.41, 5.74) is 6.60. The molecule has 3 N–H and O–H groups in total. The molecule has 0 saturated heterocycles. The minimum Gasteiger partial charge on any atom is -0.382 e. The Morgan fingerprint density at radius 3 is 2.76 bits per heavy atom. The van der Waals surface area contributed by atoms with E-state index in [4.69, 9.17) is 5.73 Å². The zero-order valence-corrected chi connectivity index (χ0v) is 9.51. The van der Waals surface area contributed by atoms with Crippen LogP contribution in [0.25, 0.3) is 0 Å². The van der Waals surface area contributed by atoms with E-state index in [0.717, 1.165) is 24.5 Å². The van der Waals surface area contributed by atoms with Crippen molar-refractivity contribution in [3.63, 3.8) is 0 Å². The van der Waals surface area contributed by atoms with Crippen LogP contribution in [0.2, 0.25) is 0 Å². The second-order valence-electron chi connectivity index (χ2n) is 4.63. The van der Waals surface area contributed by atoms with E-state index >= 15 is 0 Å². The van der Waals surface area contributed by atoms with Crippen LogP contribution in [0.3, 0.4) is 0 Å². The largest absolute Gasteiger partial charge is 0.416 e. The molecule has 0 aliphatic carbocycles. The Bertz CT molecular complexity index is 413. The Morgan fingerprint density at radius 2 is 2.18 bits per heavy atom. The quantitative estimate of drug-likeness (QED) is 0.839. The molecule has 1 heterocycles. The number of halogens is 3. The summed E-state index contributed by atoms with van der Waals surface area (Å²) in [7, 11) is 0. The highest BCUT2D eigenvalue weighted by Crippen LogP contribution is 2.35. The molecule has 0 fully saturated rings. The maximum atomic E-state index is 12.5. The van der Waals surface area contributed by atoms with Crippen molar-refractivity contribution in [3.8, 4) is 0 Å². The van der Waals surface area contributed by atoms with E-state index < -0.39 is 11.7 Å². The lowest BCUT2D eigenvalue weighted by Crippen LogP contribution is -2.26. The fourth-order valence-corrected chi connectivity index (χ4v) is 2.19. The molecule has 17 heavy (non-hydrogen) atoms. The van der Waals surface area contributed by atoms with Crippen molar-refractivity contribution in [1.82, 2.24) is 0 Å². The van der Waals surface area contributed by atoms with Crippen molar-refractivity contribution in [2.24, 2.45) is 5.73 Å². The number of hydrogen-bond donors (Lipinski definition) is 2. The van der Waals surface area contributed by atoms with Crippen LogP contribution in [0.15, 0.2) is 18.2 Å². The van der Waals surface area contributed by atoms with Crippen LogP contribution < -0.4 is 11.1 Å². The molecule has 0 amide bonds. The maximum Gasteiger partial charge on any atom is 0.416 e. The monoisotopic (exact) mass is 244 g/mol. The summed E-state index contributed by atoms with van der Waals surface area (Å²) in [6.07, 6.45) is -2.78. The van der Waals surface area contributed by atoms with E-state index in [-0.39, 0.29) is 12.1 Å². The van der Waals surface area contributed by atoms with E-state index in [2.05, 4.69) is 5.32 Å². The van der Waals surface area contributed by atoms with Crippen molar-refractivity contribution < 1.29 is 13.2 Å². The van der Waals surface area contributed by atoms with E-state index in [1.807, 2.05) is 6.92 Å². The standard InChI is InChI=1S/C12H15F3N2/c1-7(16)4-10-5-8-2-3-9(12(13,14)15)6-11(8)17-10/h2-3,6-7,10,17H,4-5,16H2,1H3. The van der Waals surface area contributed by atoms with Gasteiger partial charge < -0.3 is 11.1 Å². The van der Waals surface area contributed by atoms with Gasteiger partial charge in [0.05, 0.1) is 5.56 Å². The Balaban J connectivity index is 2.17. The van der Waals surface area contributed by atoms with Gasteiger partial charge in [-0.2, -0.15) is 13.2 Å². The molecule has 1 aromatic rings. The number of benzene rings is 1. The average Bonchev–Trinajstić information content (AvgIpc) is 2.55. The molecule has 2 rings (SSSR count). The molecule has 0 saturated carbocycles. The fourth-order valence-electron chi connectivity index (χ4n) is 2.19. The van der Waals surface area contributed by atoms with Gasteiger partial charge in [0.15, 0.2) is 0 Å². The Hall–Kier alpha value is -1.23. The highest BCUT2D eigenvalue weighted by molar-refractivity contribution is 5.58. The number of hydrogen-bond acceptors (Lipinski definition) is 2. The van der Waals surface area contributed by atoms with E-state index in [0.29, 0.717) is 5.69 Å². The summed E-state index contributed by atoms with van der Waals surface area (Å²) in [5, 5.41) is 3.10. The molecule has 2 atom stereocenters. The molecule has 0 radical (unpaired) electrons. The number of nitrogens with one attached hydrogen (secondary N) is 1. The van der Waals surface area contributed by atoms with Crippen LogP contribution in [-0.2, 0) is 12.6 Å². The van der Waals surface area contributed by atoms with Crippen molar-refractivity contribution in [3.05, 3.63) is 29.3 Å². The topological polar surface area (TPSA) is 38.0 Å². The number of rotatable bonds is 2. The molecular formula is C12H15F3N2. The fraction of sp³-hybridized carbons (Fsp3) is 0.500. The summed E-state index contributed by atoms with van der Waals surface area (Å²) in [4.78, 5) is 0. The van der Waals surface area contributed by atoms with Gasteiger partial charge in [-0.25, -0.2) is 0 Å². The predicted molar refractivity (Wildman–Crippen MR) is 60.8 cm³/mol. The molecule has 2 unspecified atom stereocenters. The molecule has 2 nitrogen and oxygen atoms in total. The number of alkyl halides is 3. The van der Waals surface area contributed by atoms with Crippen LogP contribution in [0, 0.1) is 0 Å². The Kier molecular flexibility index (Phi) is 3.03. The Labute approximate surface area is 98.0 Å². The molecule has 0 spiro atoms. The number of anilines is 1. The minimum absolute atomic E-state index is 0.0453. The molecule has 5 heteroatoms. The summed E-state index contributed by atoms with van der Waals surface area (Å²) in [6.45, 7) is 1.89. The third-order valence-electron chi connectivity index (χ3n) is 2.92. The van der Waals surface area contributed by atoms with Crippen molar-refractivity contribution in [2.75, 3.05) is 5.32 Å². The van der Waals surface area contributed by atoms with Gasteiger partial charge in [-0.15, -0.1) is 0 Å². The second-order valence-corrected chi connectivity index (χ2v) is 4.63. The smallest absolute Gasteiger partial charge is 0.382 e. The van der Waals surface area contributed by atoms with Crippen LogP contribution in [0.1, 0.15) is 24.5 Å². The van der Waals surface area contributed by atoms with Crippen LogP contribution >= 0.6 is 0 Å². The number of fused-ring (bicyclic) bond motifs is 1. The Morgan fingerprint density at radius 1 is 1.47 bits per heavy atom. The molecule has 1 aliphatic rings. The summed E-state index contributed by atoms with van der Waals surface area (Å²) in [6, 6.07) is 4.05. The normalized spacial score (nSPS) is 20.9. The first-order valence-corrected chi connectivity index (χ1v) is 5.58. The van der Waals surface area contributed by atoms with Gasteiger partial charge in [-0.1, -0.05) is 6.07 Å². The van der Waals surface area contributed by atoms with Gasteiger partial charge in [0.2, 0.25) is 0 Å². The first kappa shape index (κ1) is 12.2. The van der Waals surface area contributed by atoms with E-state index in [9.17, 15) is 13.2 Å². The second kappa shape index (κ2) is 4.22. The van der Waals surface area contributed by atoms with E-state index in [1.54, 1.807) is 6.07 Å². The van der Waals surface area contributed by atoms with Crippen LogP contribution in [0.4, 0.5) is 18.9 Å². The SMILES string of the molecule is CC(N)CC1Cc2ccc(C(F)(F)F)cc2N1. The van der Waals surface area contributed by atoms with Crippen LogP contribution in [-0.4, -0.2) is 12.1 Å². The van der Waals surface area contributed by atoms with Gasteiger partial charge in [0.25, 0.3) is 0 Å². The molecule has 94 valence electrons. The predicted octanol–water partition coefficient (Wildman–Crippen LogP) is 2.78. The molecule has 0 bridgehead atoms. The summed E-state index contributed by atoms with van der Waals surface area (Å²) in [5.74, 6) is 0. The van der Waals surface area contributed by atoms with Gasteiger partial charge >= 0.3 is 6.18 Å². The molecule has 1 aliphatic heterocycles. The van der Waals surface area contributed by atoms with E-state index in [1.165, 1.54) is 6.07 Å². The average molecular weight is 244 g/mol. The summed E-state index contributed by atoms with van der Waals surface area (Å²) >= 11 is 0. The molecule has 1 aromatic carbocycles. The molecular weight excluding hydrogens is 229 g/mol. The third kappa shape index (κ3) is 2.72. The lowest BCUT2D eigenvalue weighted by atomic mass is 10.0. The lowest BCUT2D eigenvalue weighted by molar-refractivity contribution is -0.137. The first-order chi connectivity index (χ1) is 7.86. The highest BCUT2D eigenvalue weighted by atomic mass is 19.4. The van der Waals surface area contributed by atoms with Crippen molar-refractivity contribution in [1.29, 1.82) is 0 Å². The van der Waals surface area contributed by atoms with Gasteiger partial charge in [0, 0.05) is 17.8 Å². The zero-order chi connectivity index (χ0) is 12.6. The minimum atomic E-state index is -4.28. The number of nitrogens with two attached hydrogens (primary N) is 1. The lowest BCUT2D eigenvalue weighted by Gasteiger charge is -2.13. The van der Waals surface area contributed by atoms with Gasteiger partial charge in [-0.05, 0) is 37.5 Å². The maximum absolute atomic E-state index is 12.5. The van der Waals surface area contributed by atoms with Crippen molar-refractivity contribution in [2.45, 2.75) is 38.0 Å². The molecule has 0 aromatic heterocycles. The summed E-state index contributed by atoms with van der Waals surface area (Å²) < 4.78 is 37.5. The van der Waals surface area contributed by atoms with Crippen LogP contribution in [0.5, 0.6) is 0 Å². The first-order valence-electron chi connectivity index (χ1n) is 5.58. The zero-order valence-electron chi connectivity index (χ0n) is 9.51. The highest BCUT2D eigenvalue weighted by Gasteiger charge is 2.32. The van der Waals surface area contributed by atoms with Crippen molar-refractivity contribution >= 4 is 5.69 Å².